The number of hydrogen-bond donors (Lipinski definition) is 1. The van der Waals surface area contributed by atoms with Crippen molar-refractivity contribution in [2.24, 2.45) is 0 Å². The minimum atomic E-state index is 0.150. The molecule has 0 aliphatic heterocycles. The molecule has 0 bridgehead atoms. The predicted molar refractivity (Wildman–Crippen MR) is 82.9 cm³/mol. The third-order valence-electron chi connectivity index (χ3n) is 3.67. The lowest BCUT2D eigenvalue weighted by Gasteiger charge is -2.17. The number of carbonyl (C=O) groups is 1. The third-order valence-corrected chi connectivity index (χ3v) is 3.67. The first kappa shape index (κ1) is 15.5. The Morgan fingerprint density at radius 3 is 2.90 bits per heavy atom. The zero-order valence-corrected chi connectivity index (χ0v) is 12.5. The second-order valence-corrected chi connectivity index (χ2v) is 5.28. The van der Waals surface area contributed by atoms with Crippen LogP contribution in [0.4, 0.5) is 0 Å². The molecule has 1 N–H and O–H groups in total. The van der Waals surface area contributed by atoms with Crippen LogP contribution in [0.3, 0.4) is 0 Å². The topological polar surface area (TPSA) is 58.4 Å². The van der Waals surface area contributed by atoms with Gasteiger partial charge in [0.2, 0.25) is 5.91 Å². The van der Waals surface area contributed by atoms with Gasteiger partial charge in [-0.3, -0.25) is 4.79 Å². The molecule has 1 amide bonds. The predicted octanol–water partition coefficient (Wildman–Crippen LogP) is 2.05. The quantitative estimate of drug-likeness (QED) is 0.757. The standard InChI is InChI=1S/C16H23N3O2/c1-18(10-5-2-6-12-20)16(21)9-11-19-13-17-14-7-3-4-8-15(14)19/h3-4,7-8,13,20H,2,5-6,9-12H2,1H3. The van der Waals surface area contributed by atoms with Crippen molar-refractivity contribution in [2.75, 3.05) is 20.2 Å². The molecule has 0 saturated heterocycles. The van der Waals surface area contributed by atoms with Gasteiger partial charge in [-0.1, -0.05) is 12.1 Å². The van der Waals surface area contributed by atoms with Gasteiger partial charge >= 0.3 is 0 Å². The monoisotopic (exact) mass is 289 g/mol. The summed E-state index contributed by atoms with van der Waals surface area (Å²) >= 11 is 0. The highest BCUT2D eigenvalue weighted by molar-refractivity contribution is 5.77. The highest BCUT2D eigenvalue weighted by Gasteiger charge is 2.09. The van der Waals surface area contributed by atoms with Crippen LogP contribution in [0.2, 0.25) is 0 Å². The summed E-state index contributed by atoms with van der Waals surface area (Å²) in [6.45, 7) is 1.63. The van der Waals surface area contributed by atoms with Crippen molar-refractivity contribution in [3.63, 3.8) is 0 Å². The van der Waals surface area contributed by atoms with E-state index in [9.17, 15) is 4.79 Å². The van der Waals surface area contributed by atoms with Gasteiger partial charge in [0.1, 0.15) is 0 Å². The van der Waals surface area contributed by atoms with E-state index < -0.39 is 0 Å². The van der Waals surface area contributed by atoms with Crippen LogP contribution in [0.5, 0.6) is 0 Å². The van der Waals surface area contributed by atoms with Crippen LogP contribution in [0, 0.1) is 0 Å². The van der Waals surface area contributed by atoms with E-state index in [1.807, 2.05) is 35.9 Å². The highest BCUT2D eigenvalue weighted by Crippen LogP contribution is 2.12. The normalized spacial score (nSPS) is 11.0. The Morgan fingerprint density at radius 2 is 2.10 bits per heavy atom. The lowest BCUT2D eigenvalue weighted by Crippen LogP contribution is -2.28. The molecule has 0 aliphatic rings. The summed E-state index contributed by atoms with van der Waals surface area (Å²) in [5.41, 5.74) is 2.03. The van der Waals surface area contributed by atoms with E-state index in [0.29, 0.717) is 13.0 Å². The summed E-state index contributed by atoms with van der Waals surface area (Å²) in [6, 6.07) is 7.94. The molecular formula is C16H23N3O2. The molecule has 1 aromatic heterocycles. The molecule has 0 aliphatic carbocycles. The number of nitrogens with zero attached hydrogens (tertiary/aromatic N) is 3. The molecule has 0 fully saturated rings. The molecule has 2 rings (SSSR count). The number of aryl methyl sites for hydroxylation is 1. The van der Waals surface area contributed by atoms with Crippen LogP contribution in [0.25, 0.3) is 11.0 Å². The molecule has 0 atom stereocenters. The van der Waals surface area contributed by atoms with Crippen LogP contribution in [0.1, 0.15) is 25.7 Å². The van der Waals surface area contributed by atoms with Crippen molar-refractivity contribution in [3.05, 3.63) is 30.6 Å². The largest absolute Gasteiger partial charge is 0.396 e. The molecule has 0 spiro atoms. The van der Waals surface area contributed by atoms with Crippen LogP contribution in [0.15, 0.2) is 30.6 Å². The van der Waals surface area contributed by atoms with E-state index in [2.05, 4.69) is 4.98 Å². The van der Waals surface area contributed by atoms with Gasteiger partial charge < -0.3 is 14.6 Å². The maximum absolute atomic E-state index is 12.1. The summed E-state index contributed by atoms with van der Waals surface area (Å²) in [7, 11) is 1.84. The molecule has 1 heterocycles. The van der Waals surface area contributed by atoms with Crippen molar-refractivity contribution in [2.45, 2.75) is 32.2 Å². The fourth-order valence-corrected chi connectivity index (χ4v) is 2.36. The second kappa shape index (κ2) is 7.78. The first-order valence-electron chi connectivity index (χ1n) is 7.47. The minimum absolute atomic E-state index is 0.150. The van der Waals surface area contributed by atoms with Crippen molar-refractivity contribution >= 4 is 16.9 Å². The van der Waals surface area contributed by atoms with Gasteiger partial charge in [0.15, 0.2) is 0 Å². The second-order valence-electron chi connectivity index (χ2n) is 5.28. The molecule has 21 heavy (non-hydrogen) atoms. The number of hydrogen-bond acceptors (Lipinski definition) is 3. The number of aromatic nitrogens is 2. The fourth-order valence-electron chi connectivity index (χ4n) is 2.36. The summed E-state index contributed by atoms with van der Waals surface area (Å²) < 4.78 is 2.02. The maximum atomic E-state index is 12.1. The zero-order chi connectivity index (χ0) is 15.1. The first-order chi connectivity index (χ1) is 10.2. The third kappa shape index (κ3) is 4.29. The summed E-state index contributed by atoms with van der Waals surface area (Å²) in [5, 5.41) is 8.73. The summed E-state index contributed by atoms with van der Waals surface area (Å²) in [5.74, 6) is 0.150. The van der Waals surface area contributed by atoms with Gasteiger partial charge in [-0.15, -0.1) is 0 Å². The Kier molecular flexibility index (Phi) is 5.75. The molecule has 0 saturated carbocycles. The van der Waals surface area contributed by atoms with E-state index in [4.69, 9.17) is 5.11 Å². The molecule has 5 heteroatoms. The van der Waals surface area contributed by atoms with Crippen LogP contribution >= 0.6 is 0 Å². The Labute approximate surface area is 125 Å². The molecule has 114 valence electrons. The number of aliphatic hydroxyl groups is 1. The molecular weight excluding hydrogens is 266 g/mol. The van der Waals surface area contributed by atoms with Gasteiger partial charge in [-0.25, -0.2) is 4.98 Å². The van der Waals surface area contributed by atoms with Crippen LogP contribution < -0.4 is 0 Å². The van der Waals surface area contributed by atoms with E-state index in [-0.39, 0.29) is 12.5 Å². The Morgan fingerprint density at radius 1 is 1.29 bits per heavy atom. The minimum Gasteiger partial charge on any atom is -0.396 e. The first-order valence-corrected chi connectivity index (χ1v) is 7.47. The Hall–Kier alpha value is -1.88. The van der Waals surface area contributed by atoms with Gasteiger partial charge in [0.25, 0.3) is 0 Å². The maximum Gasteiger partial charge on any atom is 0.224 e. The number of amides is 1. The number of unbranched alkanes of at least 4 members (excludes halogenated alkanes) is 2. The molecule has 5 nitrogen and oxygen atoms in total. The Bertz CT molecular complexity index is 580. The van der Waals surface area contributed by atoms with Crippen LogP contribution in [-0.2, 0) is 11.3 Å². The molecule has 0 unspecified atom stereocenters. The fraction of sp³-hybridized carbons (Fsp3) is 0.500. The van der Waals surface area contributed by atoms with Crippen molar-refractivity contribution < 1.29 is 9.90 Å². The van der Waals surface area contributed by atoms with Gasteiger partial charge in [-0.2, -0.15) is 0 Å². The van der Waals surface area contributed by atoms with E-state index in [1.54, 1.807) is 11.2 Å². The average molecular weight is 289 g/mol. The SMILES string of the molecule is CN(CCCCCO)C(=O)CCn1cnc2ccccc21. The summed E-state index contributed by atoms with van der Waals surface area (Å²) in [6.07, 6.45) is 4.98. The number of aliphatic hydroxyl groups excluding tert-OH is 1. The molecule has 1 aromatic carbocycles. The highest BCUT2D eigenvalue weighted by atomic mass is 16.2. The lowest BCUT2D eigenvalue weighted by molar-refractivity contribution is -0.130. The van der Waals surface area contributed by atoms with Gasteiger partial charge in [-0.05, 0) is 31.4 Å². The van der Waals surface area contributed by atoms with Gasteiger partial charge in [0, 0.05) is 33.2 Å². The number of fused-ring (bicyclic) bond motifs is 1. The number of para-hydroxylation sites is 2. The van der Waals surface area contributed by atoms with Crippen molar-refractivity contribution in [1.29, 1.82) is 0 Å². The van der Waals surface area contributed by atoms with E-state index >= 15 is 0 Å². The zero-order valence-electron chi connectivity index (χ0n) is 12.5. The summed E-state index contributed by atoms with van der Waals surface area (Å²) in [4.78, 5) is 18.2. The number of carbonyl (C=O) groups excluding carboxylic acids is 1. The number of benzene rings is 1. The Balaban J connectivity index is 1.80. The molecule has 2 aromatic rings. The smallest absolute Gasteiger partial charge is 0.224 e. The molecule has 0 radical (unpaired) electrons. The number of imidazole rings is 1. The van der Waals surface area contributed by atoms with Gasteiger partial charge in [0.05, 0.1) is 17.4 Å². The average Bonchev–Trinajstić information content (AvgIpc) is 2.92. The van der Waals surface area contributed by atoms with Crippen molar-refractivity contribution in [1.82, 2.24) is 14.5 Å². The van der Waals surface area contributed by atoms with Crippen LogP contribution in [-0.4, -0.2) is 45.7 Å². The van der Waals surface area contributed by atoms with Crippen molar-refractivity contribution in [3.8, 4) is 0 Å². The van der Waals surface area contributed by atoms with E-state index in [0.717, 1.165) is 36.8 Å². The van der Waals surface area contributed by atoms with E-state index in [1.165, 1.54) is 0 Å². The lowest BCUT2D eigenvalue weighted by atomic mass is 10.2. The number of rotatable bonds is 8.